The minimum Gasteiger partial charge on any atom is -0.497 e. The van der Waals surface area contributed by atoms with Crippen LogP contribution in [0.3, 0.4) is 0 Å². The highest BCUT2D eigenvalue weighted by atomic mass is 35.5. The van der Waals surface area contributed by atoms with E-state index in [1.54, 1.807) is 48.2 Å². The van der Waals surface area contributed by atoms with Gasteiger partial charge in [-0.3, -0.25) is 4.79 Å². The summed E-state index contributed by atoms with van der Waals surface area (Å²) >= 11 is 5.87. The second kappa shape index (κ2) is 7.70. The summed E-state index contributed by atoms with van der Waals surface area (Å²) in [6, 6.07) is 20.1. The number of carbonyl (C=O) groups excluding carboxylic acids is 1. The number of fused-ring (bicyclic) bond motifs is 1. The van der Waals surface area contributed by atoms with Crippen LogP contribution in [0.1, 0.15) is 15.9 Å². The van der Waals surface area contributed by atoms with Gasteiger partial charge in [0.2, 0.25) is 0 Å². The van der Waals surface area contributed by atoms with Crippen LogP contribution in [0.2, 0.25) is 5.02 Å². The van der Waals surface area contributed by atoms with Crippen molar-refractivity contribution in [2.75, 3.05) is 12.4 Å². The molecule has 0 aliphatic heterocycles. The van der Waals surface area contributed by atoms with Gasteiger partial charge in [0.15, 0.2) is 0 Å². The second-order valence-electron chi connectivity index (χ2n) is 6.26. The molecule has 4 rings (SSSR count). The van der Waals surface area contributed by atoms with Gasteiger partial charge in [-0.25, -0.2) is 4.68 Å². The predicted molar refractivity (Wildman–Crippen MR) is 109 cm³/mol. The maximum atomic E-state index is 12.5. The zero-order valence-electron chi connectivity index (χ0n) is 15.1. The molecule has 1 amide bonds. The fraction of sp³-hybridized carbons (Fsp3) is 0.0952. The van der Waals surface area contributed by atoms with Crippen molar-refractivity contribution in [1.82, 2.24) is 15.0 Å². The van der Waals surface area contributed by atoms with Crippen LogP contribution in [0.5, 0.6) is 5.75 Å². The standard InChI is InChI=1S/C21H17ClN4O2/c1-28-18-4-2-3-14(11-18)13-26-20-10-5-15(12-19(20)24-25-26)21(27)23-17-8-6-16(22)7-9-17/h2-12H,13H2,1H3,(H,23,27). The maximum Gasteiger partial charge on any atom is 0.255 e. The SMILES string of the molecule is COc1cccc(Cn2nnc3cc(C(=O)Nc4ccc(Cl)cc4)ccc32)c1. The van der Waals surface area contributed by atoms with Crippen molar-refractivity contribution in [2.45, 2.75) is 6.54 Å². The molecule has 1 heterocycles. The lowest BCUT2D eigenvalue weighted by Crippen LogP contribution is -2.11. The Balaban J connectivity index is 1.55. The molecule has 140 valence electrons. The van der Waals surface area contributed by atoms with Crippen LogP contribution in [0.15, 0.2) is 66.7 Å². The average molecular weight is 393 g/mol. The first-order chi connectivity index (χ1) is 13.6. The molecule has 28 heavy (non-hydrogen) atoms. The van der Waals surface area contributed by atoms with Crippen LogP contribution in [0.25, 0.3) is 11.0 Å². The zero-order chi connectivity index (χ0) is 19.5. The van der Waals surface area contributed by atoms with Crippen molar-refractivity contribution >= 4 is 34.2 Å². The Morgan fingerprint density at radius 3 is 2.71 bits per heavy atom. The van der Waals surface area contributed by atoms with Gasteiger partial charge in [-0.2, -0.15) is 0 Å². The van der Waals surface area contributed by atoms with Gasteiger partial charge in [0.25, 0.3) is 5.91 Å². The normalized spacial score (nSPS) is 10.8. The number of halogens is 1. The molecule has 3 aromatic carbocycles. The van der Waals surface area contributed by atoms with Gasteiger partial charge < -0.3 is 10.1 Å². The largest absolute Gasteiger partial charge is 0.497 e. The summed E-state index contributed by atoms with van der Waals surface area (Å²) < 4.78 is 7.06. The summed E-state index contributed by atoms with van der Waals surface area (Å²) in [5, 5.41) is 11.9. The lowest BCUT2D eigenvalue weighted by molar-refractivity contribution is 0.102. The summed E-state index contributed by atoms with van der Waals surface area (Å²) in [7, 11) is 1.64. The summed E-state index contributed by atoms with van der Waals surface area (Å²) in [4.78, 5) is 12.5. The molecule has 0 fully saturated rings. The fourth-order valence-electron chi connectivity index (χ4n) is 2.91. The number of ether oxygens (including phenoxy) is 1. The number of hydrogen-bond donors (Lipinski definition) is 1. The van der Waals surface area contributed by atoms with Crippen molar-refractivity contribution in [1.29, 1.82) is 0 Å². The van der Waals surface area contributed by atoms with Gasteiger partial charge >= 0.3 is 0 Å². The average Bonchev–Trinajstić information content (AvgIpc) is 3.12. The molecule has 4 aromatic rings. The summed E-state index contributed by atoms with van der Waals surface area (Å²) in [5.41, 5.74) is 3.75. The third kappa shape index (κ3) is 3.82. The predicted octanol–water partition coefficient (Wildman–Crippen LogP) is 4.39. The van der Waals surface area contributed by atoms with E-state index in [0.29, 0.717) is 28.3 Å². The lowest BCUT2D eigenvalue weighted by atomic mass is 10.1. The van der Waals surface area contributed by atoms with E-state index < -0.39 is 0 Å². The van der Waals surface area contributed by atoms with Crippen LogP contribution >= 0.6 is 11.6 Å². The van der Waals surface area contributed by atoms with E-state index in [1.165, 1.54) is 0 Å². The quantitative estimate of drug-likeness (QED) is 0.546. The molecule has 0 aliphatic carbocycles. The summed E-state index contributed by atoms with van der Waals surface area (Å²) in [6.07, 6.45) is 0. The molecule has 6 nitrogen and oxygen atoms in total. The number of nitrogens with one attached hydrogen (secondary N) is 1. The Morgan fingerprint density at radius 1 is 1.11 bits per heavy atom. The first-order valence-corrected chi connectivity index (χ1v) is 9.03. The highest BCUT2D eigenvalue weighted by Gasteiger charge is 2.11. The summed E-state index contributed by atoms with van der Waals surface area (Å²) in [5.74, 6) is 0.578. The van der Waals surface area contributed by atoms with Gasteiger partial charge in [0, 0.05) is 16.3 Å². The lowest BCUT2D eigenvalue weighted by Gasteiger charge is -2.07. The van der Waals surface area contributed by atoms with Crippen LogP contribution < -0.4 is 10.1 Å². The van der Waals surface area contributed by atoms with Crippen molar-refractivity contribution in [3.8, 4) is 5.75 Å². The maximum absolute atomic E-state index is 12.5. The van der Waals surface area contributed by atoms with E-state index in [4.69, 9.17) is 16.3 Å². The number of benzene rings is 3. The number of amides is 1. The first-order valence-electron chi connectivity index (χ1n) is 8.65. The molecule has 0 saturated carbocycles. The van der Waals surface area contributed by atoms with Crippen LogP contribution in [-0.2, 0) is 6.54 Å². The van der Waals surface area contributed by atoms with Gasteiger partial charge in [-0.05, 0) is 60.2 Å². The molecule has 0 aliphatic rings. The third-order valence-corrected chi connectivity index (χ3v) is 4.60. The minimum atomic E-state index is -0.216. The minimum absolute atomic E-state index is 0.216. The second-order valence-corrected chi connectivity index (χ2v) is 6.70. The molecule has 0 spiro atoms. The van der Waals surface area contributed by atoms with E-state index in [2.05, 4.69) is 15.6 Å². The van der Waals surface area contributed by atoms with Crippen LogP contribution in [0, 0.1) is 0 Å². The molecule has 0 bridgehead atoms. The summed E-state index contributed by atoms with van der Waals surface area (Å²) in [6.45, 7) is 0.560. The van der Waals surface area contributed by atoms with E-state index in [1.807, 2.05) is 30.3 Å². The Kier molecular flexibility index (Phi) is 4.95. The van der Waals surface area contributed by atoms with Gasteiger partial charge in [-0.15, -0.1) is 5.10 Å². The van der Waals surface area contributed by atoms with E-state index in [0.717, 1.165) is 16.8 Å². The number of methoxy groups -OCH3 is 1. The number of nitrogens with zero attached hydrogens (tertiary/aromatic N) is 3. The molecule has 0 unspecified atom stereocenters. The molecule has 1 N–H and O–H groups in total. The molecule has 1 aromatic heterocycles. The Bertz CT molecular complexity index is 1140. The number of anilines is 1. The third-order valence-electron chi connectivity index (χ3n) is 4.34. The van der Waals surface area contributed by atoms with Crippen molar-refractivity contribution < 1.29 is 9.53 Å². The Hall–Kier alpha value is -3.38. The Labute approximate surface area is 166 Å². The molecule has 0 atom stereocenters. The van der Waals surface area contributed by atoms with E-state index in [-0.39, 0.29) is 5.91 Å². The van der Waals surface area contributed by atoms with Crippen molar-refractivity contribution in [2.24, 2.45) is 0 Å². The number of hydrogen-bond acceptors (Lipinski definition) is 4. The molecule has 0 radical (unpaired) electrons. The molecular weight excluding hydrogens is 376 g/mol. The highest BCUT2D eigenvalue weighted by molar-refractivity contribution is 6.30. The van der Waals surface area contributed by atoms with E-state index in [9.17, 15) is 4.79 Å². The zero-order valence-corrected chi connectivity index (χ0v) is 15.8. The van der Waals surface area contributed by atoms with Crippen molar-refractivity contribution in [3.05, 3.63) is 82.9 Å². The fourth-order valence-corrected chi connectivity index (χ4v) is 3.04. The topological polar surface area (TPSA) is 69.0 Å². The highest BCUT2D eigenvalue weighted by Crippen LogP contribution is 2.19. The smallest absolute Gasteiger partial charge is 0.255 e. The first kappa shape index (κ1) is 18.0. The van der Waals surface area contributed by atoms with Gasteiger partial charge in [0.1, 0.15) is 11.3 Å². The number of rotatable bonds is 5. The molecule has 0 saturated heterocycles. The van der Waals surface area contributed by atoms with Crippen LogP contribution in [-0.4, -0.2) is 28.0 Å². The van der Waals surface area contributed by atoms with E-state index >= 15 is 0 Å². The monoisotopic (exact) mass is 392 g/mol. The van der Waals surface area contributed by atoms with Gasteiger partial charge in [-0.1, -0.05) is 28.9 Å². The van der Waals surface area contributed by atoms with Crippen molar-refractivity contribution in [3.63, 3.8) is 0 Å². The number of aromatic nitrogens is 3. The molecular formula is C21H17ClN4O2. The van der Waals surface area contributed by atoms with Gasteiger partial charge in [0.05, 0.1) is 19.2 Å². The Morgan fingerprint density at radius 2 is 1.93 bits per heavy atom. The van der Waals surface area contributed by atoms with Crippen LogP contribution in [0.4, 0.5) is 5.69 Å². The molecule has 7 heteroatoms. The number of carbonyl (C=O) groups is 1.